The normalized spacial score (nSPS) is 14.8. The van der Waals surface area contributed by atoms with Crippen molar-refractivity contribution in [3.8, 4) is 11.8 Å². The molecule has 0 spiro atoms. The first kappa shape index (κ1) is 18.2. The number of hydrogen-bond acceptors (Lipinski definition) is 5. The molecule has 1 saturated heterocycles. The number of benzene rings is 1. The van der Waals surface area contributed by atoms with Gasteiger partial charge >= 0.3 is 0 Å². The minimum Gasteiger partial charge on any atom is -0.497 e. The van der Waals surface area contributed by atoms with Gasteiger partial charge in [0.2, 0.25) is 5.91 Å². The van der Waals surface area contributed by atoms with Crippen molar-refractivity contribution in [3.05, 3.63) is 29.8 Å². The molecule has 1 aromatic carbocycles. The standard InChI is InChI=1S/C18H25N3O3/c1-23-17-5-2-4-16(14-17)15-18(22)21(7-3-6-19)9-8-20-10-12-24-13-11-20/h2,4-5,14H,3,7-13,15H2,1H3. The number of morpholine rings is 1. The second kappa shape index (κ2) is 9.91. The first-order valence-corrected chi connectivity index (χ1v) is 8.30. The summed E-state index contributed by atoms with van der Waals surface area (Å²) in [7, 11) is 1.61. The maximum atomic E-state index is 12.6. The van der Waals surface area contributed by atoms with E-state index in [9.17, 15) is 4.79 Å². The van der Waals surface area contributed by atoms with Crippen molar-refractivity contribution in [2.45, 2.75) is 12.8 Å². The number of methoxy groups -OCH3 is 1. The third-order valence-corrected chi connectivity index (χ3v) is 4.13. The molecule has 0 aliphatic carbocycles. The molecule has 0 unspecified atom stereocenters. The number of carbonyl (C=O) groups excluding carboxylic acids is 1. The molecule has 1 fully saturated rings. The van der Waals surface area contributed by atoms with Crippen LogP contribution in [-0.4, -0.2) is 68.8 Å². The summed E-state index contributed by atoms with van der Waals surface area (Å²) in [6.45, 7) is 5.23. The molecule has 2 rings (SSSR count). The van der Waals surface area contributed by atoms with Crippen LogP contribution in [0.25, 0.3) is 0 Å². The van der Waals surface area contributed by atoms with Gasteiger partial charge in [0.1, 0.15) is 5.75 Å². The Balaban J connectivity index is 1.91. The Morgan fingerprint density at radius 3 is 2.88 bits per heavy atom. The van der Waals surface area contributed by atoms with Gasteiger partial charge in [-0.1, -0.05) is 12.1 Å². The van der Waals surface area contributed by atoms with Crippen LogP contribution < -0.4 is 4.74 Å². The van der Waals surface area contributed by atoms with Gasteiger partial charge in [-0.3, -0.25) is 9.69 Å². The van der Waals surface area contributed by atoms with Crippen LogP contribution >= 0.6 is 0 Å². The fraction of sp³-hybridized carbons (Fsp3) is 0.556. The predicted octanol–water partition coefficient (Wildman–Crippen LogP) is 1.31. The van der Waals surface area contributed by atoms with E-state index in [-0.39, 0.29) is 5.91 Å². The summed E-state index contributed by atoms with van der Waals surface area (Å²) >= 11 is 0. The number of nitriles is 1. The maximum absolute atomic E-state index is 12.6. The first-order chi connectivity index (χ1) is 11.7. The molecule has 0 atom stereocenters. The summed E-state index contributed by atoms with van der Waals surface area (Å²) in [4.78, 5) is 16.7. The van der Waals surface area contributed by atoms with Gasteiger partial charge in [-0.05, 0) is 17.7 Å². The molecule has 130 valence electrons. The highest BCUT2D eigenvalue weighted by atomic mass is 16.5. The Kier molecular flexibility index (Phi) is 7.53. The zero-order valence-electron chi connectivity index (χ0n) is 14.2. The number of nitrogens with zero attached hydrogens (tertiary/aromatic N) is 3. The monoisotopic (exact) mass is 331 g/mol. The van der Waals surface area contributed by atoms with E-state index in [1.54, 1.807) is 12.0 Å². The Hall–Kier alpha value is -2.10. The highest BCUT2D eigenvalue weighted by molar-refractivity contribution is 5.79. The summed E-state index contributed by atoms with van der Waals surface area (Å²) in [6.07, 6.45) is 0.679. The molecule has 6 heteroatoms. The van der Waals surface area contributed by atoms with Crippen LogP contribution in [0.2, 0.25) is 0 Å². The Labute approximate surface area is 143 Å². The van der Waals surface area contributed by atoms with Crippen molar-refractivity contribution in [1.29, 1.82) is 5.26 Å². The van der Waals surface area contributed by atoms with Gasteiger partial charge in [-0.25, -0.2) is 0 Å². The summed E-state index contributed by atoms with van der Waals surface area (Å²) in [5.74, 6) is 0.795. The average Bonchev–Trinajstić information content (AvgIpc) is 2.62. The van der Waals surface area contributed by atoms with E-state index in [2.05, 4.69) is 11.0 Å². The van der Waals surface area contributed by atoms with Crippen molar-refractivity contribution in [2.75, 3.05) is 53.0 Å². The van der Waals surface area contributed by atoms with Crippen molar-refractivity contribution in [1.82, 2.24) is 9.80 Å². The second-order valence-corrected chi connectivity index (χ2v) is 5.77. The molecule has 1 heterocycles. The maximum Gasteiger partial charge on any atom is 0.227 e. The minimum absolute atomic E-state index is 0.0479. The third-order valence-electron chi connectivity index (χ3n) is 4.13. The van der Waals surface area contributed by atoms with E-state index < -0.39 is 0 Å². The van der Waals surface area contributed by atoms with E-state index >= 15 is 0 Å². The molecular formula is C18H25N3O3. The molecule has 24 heavy (non-hydrogen) atoms. The van der Waals surface area contributed by atoms with Crippen LogP contribution in [0, 0.1) is 11.3 Å². The van der Waals surface area contributed by atoms with Gasteiger partial charge in [0.05, 0.1) is 39.2 Å². The summed E-state index contributed by atoms with van der Waals surface area (Å²) in [6, 6.07) is 9.67. The Morgan fingerprint density at radius 1 is 1.38 bits per heavy atom. The smallest absolute Gasteiger partial charge is 0.227 e. The first-order valence-electron chi connectivity index (χ1n) is 8.30. The van der Waals surface area contributed by atoms with Crippen molar-refractivity contribution in [2.24, 2.45) is 0 Å². The van der Waals surface area contributed by atoms with Crippen molar-refractivity contribution in [3.63, 3.8) is 0 Å². The zero-order valence-corrected chi connectivity index (χ0v) is 14.2. The number of hydrogen-bond donors (Lipinski definition) is 0. The molecule has 6 nitrogen and oxygen atoms in total. The van der Waals surface area contributed by atoms with E-state index in [0.717, 1.165) is 44.2 Å². The minimum atomic E-state index is 0.0479. The van der Waals surface area contributed by atoms with Gasteiger partial charge in [-0.2, -0.15) is 5.26 Å². The number of rotatable bonds is 8. The molecule has 1 aliphatic rings. The van der Waals surface area contributed by atoms with Crippen LogP contribution in [-0.2, 0) is 16.0 Å². The zero-order chi connectivity index (χ0) is 17.2. The summed E-state index contributed by atoms with van der Waals surface area (Å²) < 4.78 is 10.5. The van der Waals surface area contributed by atoms with E-state index in [4.69, 9.17) is 14.7 Å². The van der Waals surface area contributed by atoms with Gasteiger partial charge in [0.25, 0.3) is 0 Å². The SMILES string of the molecule is COc1cccc(CC(=O)N(CCC#N)CCN2CCOCC2)c1. The molecule has 0 aromatic heterocycles. The second-order valence-electron chi connectivity index (χ2n) is 5.77. The number of ether oxygens (including phenoxy) is 2. The fourth-order valence-corrected chi connectivity index (χ4v) is 2.70. The van der Waals surface area contributed by atoms with Crippen LogP contribution in [0.3, 0.4) is 0 Å². The predicted molar refractivity (Wildman–Crippen MR) is 90.8 cm³/mol. The Morgan fingerprint density at radius 2 is 2.17 bits per heavy atom. The van der Waals surface area contributed by atoms with E-state index in [1.165, 1.54) is 0 Å². The van der Waals surface area contributed by atoms with Gasteiger partial charge in [0, 0.05) is 32.7 Å². The van der Waals surface area contributed by atoms with E-state index in [0.29, 0.717) is 25.9 Å². The topological polar surface area (TPSA) is 65.8 Å². The fourth-order valence-electron chi connectivity index (χ4n) is 2.70. The lowest BCUT2D eigenvalue weighted by molar-refractivity contribution is -0.130. The van der Waals surface area contributed by atoms with Gasteiger partial charge < -0.3 is 14.4 Å². The third kappa shape index (κ3) is 5.84. The number of carbonyl (C=O) groups is 1. The quantitative estimate of drug-likeness (QED) is 0.719. The van der Waals surface area contributed by atoms with Gasteiger partial charge in [-0.15, -0.1) is 0 Å². The molecule has 0 saturated carbocycles. The lowest BCUT2D eigenvalue weighted by atomic mass is 10.1. The van der Waals surface area contributed by atoms with Crippen LogP contribution in [0.4, 0.5) is 0 Å². The largest absolute Gasteiger partial charge is 0.497 e. The summed E-state index contributed by atoms with van der Waals surface area (Å²) in [5, 5.41) is 8.84. The lowest BCUT2D eigenvalue weighted by Gasteiger charge is -2.30. The molecule has 1 aliphatic heterocycles. The molecule has 0 N–H and O–H groups in total. The summed E-state index contributed by atoms with van der Waals surface area (Å²) in [5.41, 5.74) is 0.924. The van der Waals surface area contributed by atoms with Gasteiger partial charge in [0.15, 0.2) is 0 Å². The van der Waals surface area contributed by atoms with Crippen molar-refractivity contribution >= 4 is 5.91 Å². The highest BCUT2D eigenvalue weighted by Crippen LogP contribution is 2.14. The highest BCUT2D eigenvalue weighted by Gasteiger charge is 2.17. The molecular weight excluding hydrogens is 306 g/mol. The average molecular weight is 331 g/mol. The molecule has 0 bridgehead atoms. The van der Waals surface area contributed by atoms with Crippen LogP contribution in [0.5, 0.6) is 5.75 Å². The van der Waals surface area contributed by atoms with Crippen molar-refractivity contribution < 1.29 is 14.3 Å². The molecule has 0 radical (unpaired) electrons. The van der Waals surface area contributed by atoms with Crippen LogP contribution in [0.15, 0.2) is 24.3 Å². The molecule has 1 aromatic rings. The lowest BCUT2D eigenvalue weighted by Crippen LogP contribution is -2.43. The Bertz CT molecular complexity index is 565. The molecule has 1 amide bonds. The number of amides is 1. The van der Waals surface area contributed by atoms with E-state index in [1.807, 2.05) is 24.3 Å². The van der Waals surface area contributed by atoms with Crippen LogP contribution in [0.1, 0.15) is 12.0 Å².